The van der Waals surface area contributed by atoms with Crippen LogP contribution in [0.1, 0.15) is 112 Å². The fourth-order valence-corrected chi connectivity index (χ4v) is 8.65. The Morgan fingerprint density at radius 1 is 0.797 bits per heavy atom. The summed E-state index contributed by atoms with van der Waals surface area (Å²) in [5, 5.41) is 3.69. The van der Waals surface area contributed by atoms with Crippen LogP contribution in [0.15, 0.2) is 70.8 Å². The Hall–Kier alpha value is -6.88. The topological polar surface area (TPSA) is 184 Å². The highest BCUT2D eigenvalue weighted by molar-refractivity contribution is 6.04. The van der Waals surface area contributed by atoms with Crippen molar-refractivity contribution in [2.24, 2.45) is 4.99 Å². The number of ether oxygens (including phenoxy) is 6. The SMILES string of the molecule is C/C=C1\CCN(C(=O)c2cc(OC)c(OCc3cc(COc4cc5c(cc4OC)C(=O)N4C/C(=C/C)CC4C=N5)cc(OC(C)(C)CCOC(C)(C)CC(=O)ON4C(=O)CCC4=O)c3)cc2NC)C1. The zero-order valence-electron chi connectivity index (χ0n) is 41.0. The number of aliphatic imine (C=N–C) groups is 1. The molecule has 1 atom stereocenters. The maximum Gasteiger partial charge on any atom is 0.336 e. The molecule has 3 aromatic carbocycles. The van der Waals surface area contributed by atoms with Gasteiger partial charge < -0.3 is 48.4 Å². The smallest absolute Gasteiger partial charge is 0.336 e. The highest BCUT2D eigenvalue weighted by atomic mass is 16.7. The van der Waals surface area contributed by atoms with E-state index < -0.39 is 29.0 Å². The number of hydroxylamine groups is 2. The van der Waals surface area contributed by atoms with Gasteiger partial charge in [0.05, 0.1) is 61.4 Å². The Kier molecular flexibility index (Phi) is 15.4. The molecule has 3 fully saturated rings. The first kappa shape index (κ1) is 50.0. The van der Waals surface area contributed by atoms with Crippen molar-refractivity contribution in [2.45, 2.75) is 111 Å². The van der Waals surface area contributed by atoms with E-state index in [9.17, 15) is 24.0 Å². The minimum absolute atomic E-state index is 0.00579. The molecule has 0 radical (unpaired) electrons. The number of fused-ring (bicyclic) bond motifs is 2. The normalized spacial score (nSPS) is 18.1. The largest absolute Gasteiger partial charge is 0.493 e. The van der Waals surface area contributed by atoms with Crippen LogP contribution in [0.3, 0.4) is 0 Å². The van der Waals surface area contributed by atoms with Crippen molar-refractivity contribution in [1.29, 1.82) is 0 Å². The second kappa shape index (κ2) is 21.2. The average Bonchev–Trinajstić information content (AvgIpc) is 4.04. The maximum absolute atomic E-state index is 13.7. The lowest BCUT2D eigenvalue weighted by Gasteiger charge is -2.30. The van der Waals surface area contributed by atoms with Crippen molar-refractivity contribution in [1.82, 2.24) is 14.9 Å². The van der Waals surface area contributed by atoms with Gasteiger partial charge in [-0.2, -0.15) is 0 Å². The van der Waals surface area contributed by atoms with Crippen LogP contribution in [0.4, 0.5) is 11.4 Å². The Balaban J connectivity index is 1.10. The van der Waals surface area contributed by atoms with Crippen molar-refractivity contribution in [3.05, 3.63) is 88.0 Å². The van der Waals surface area contributed by atoms with Crippen LogP contribution in [-0.2, 0) is 37.2 Å². The Morgan fingerprint density at radius 3 is 2.07 bits per heavy atom. The zero-order valence-corrected chi connectivity index (χ0v) is 41.0. The zero-order chi connectivity index (χ0) is 49.6. The number of carbonyl (C=O) groups is 5. The summed E-state index contributed by atoms with van der Waals surface area (Å²) >= 11 is 0. The number of nitrogens with zero attached hydrogens (tertiary/aromatic N) is 4. The molecule has 368 valence electrons. The summed E-state index contributed by atoms with van der Waals surface area (Å²) in [4.78, 5) is 77.5. The maximum atomic E-state index is 13.7. The summed E-state index contributed by atoms with van der Waals surface area (Å²) in [7, 11) is 4.82. The van der Waals surface area contributed by atoms with Crippen LogP contribution < -0.4 is 29.0 Å². The Labute approximate surface area is 403 Å². The molecule has 0 spiro atoms. The summed E-state index contributed by atoms with van der Waals surface area (Å²) in [6.45, 7) is 13.4. The molecule has 17 heteroatoms. The number of anilines is 1. The van der Waals surface area contributed by atoms with Gasteiger partial charge in [-0.25, -0.2) is 4.79 Å². The van der Waals surface area contributed by atoms with Gasteiger partial charge in [0.1, 0.15) is 24.6 Å². The minimum atomic E-state index is -0.980. The van der Waals surface area contributed by atoms with Crippen molar-refractivity contribution < 1.29 is 57.2 Å². The lowest BCUT2D eigenvalue weighted by molar-refractivity contribution is -0.201. The van der Waals surface area contributed by atoms with Crippen molar-refractivity contribution >= 4 is 47.2 Å². The number of benzene rings is 3. The highest BCUT2D eigenvalue weighted by Crippen LogP contribution is 2.40. The summed E-state index contributed by atoms with van der Waals surface area (Å²) in [6.07, 6.45) is 7.73. The van der Waals surface area contributed by atoms with E-state index in [0.717, 1.165) is 24.0 Å². The van der Waals surface area contributed by atoms with Gasteiger partial charge in [-0.3, -0.25) is 24.2 Å². The number of imide groups is 1. The number of nitrogens with one attached hydrogen (secondary N) is 1. The van der Waals surface area contributed by atoms with Crippen LogP contribution in [-0.4, -0.2) is 115 Å². The third kappa shape index (κ3) is 11.9. The second-order valence-electron chi connectivity index (χ2n) is 18.7. The molecule has 1 N–H and O–H groups in total. The van der Waals surface area contributed by atoms with Gasteiger partial charge >= 0.3 is 5.97 Å². The fraction of sp³-hybridized carbons (Fsp3) is 0.462. The van der Waals surface area contributed by atoms with E-state index in [1.807, 2.05) is 68.0 Å². The van der Waals surface area contributed by atoms with E-state index in [1.54, 1.807) is 45.2 Å². The highest BCUT2D eigenvalue weighted by Gasteiger charge is 2.37. The number of likely N-dealkylation sites (tertiary alicyclic amines) is 1. The molecule has 7 rings (SSSR count). The van der Waals surface area contributed by atoms with E-state index in [-0.39, 0.29) is 56.9 Å². The van der Waals surface area contributed by atoms with Gasteiger partial charge in [0, 0.05) is 64.3 Å². The number of methoxy groups -OCH3 is 2. The molecule has 0 saturated carbocycles. The Morgan fingerprint density at radius 2 is 1.45 bits per heavy atom. The van der Waals surface area contributed by atoms with Gasteiger partial charge in [0.15, 0.2) is 23.0 Å². The second-order valence-corrected chi connectivity index (χ2v) is 18.7. The van der Waals surface area contributed by atoms with E-state index >= 15 is 0 Å². The predicted molar refractivity (Wildman–Crippen MR) is 257 cm³/mol. The van der Waals surface area contributed by atoms with Crippen LogP contribution >= 0.6 is 0 Å². The molecular formula is C52H63N5O12. The number of rotatable bonds is 19. The van der Waals surface area contributed by atoms with Crippen molar-refractivity contribution in [3.63, 3.8) is 0 Å². The quantitative estimate of drug-likeness (QED) is 0.0904. The van der Waals surface area contributed by atoms with Crippen LogP contribution in [0.25, 0.3) is 0 Å². The molecular weight excluding hydrogens is 887 g/mol. The van der Waals surface area contributed by atoms with Gasteiger partial charge in [0.2, 0.25) is 0 Å². The predicted octanol–water partition coefficient (Wildman–Crippen LogP) is 7.91. The van der Waals surface area contributed by atoms with Gasteiger partial charge in [-0.15, -0.1) is 5.06 Å². The lowest BCUT2D eigenvalue weighted by atomic mass is 10.0. The third-order valence-electron chi connectivity index (χ3n) is 12.6. The summed E-state index contributed by atoms with van der Waals surface area (Å²) in [5.41, 5.74) is 4.11. The molecule has 4 heterocycles. The number of hydrogen-bond acceptors (Lipinski definition) is 14. The van der Waals surface area contributed by atoms with Gasteiger partial charge in [-0.1, -0.05) is 23.3 Å². The number of carbonyl (C=O) groups excluding carboxylic acids is 5. The van der Waals surface area contributed by atoms with Crippen LogP contribution in [0.2, 0.25) is 0 Å². The summed E-state index contributed by atoms with van der Waals surface area (Å²) < 4.78 is 37.2. The first-order valence-electron chi connectivity index (χ1n) is 23.3. The van der Waals surface area contributed by atoms with Gasteiger partial charge in [-0.05, 0) is 95.8 Å². The molecule has 17 nitrogen and oxygen atoms in total. The standard InChI is InChI=1S/C52H63N5O12/c1-10-32-14-16-55(28-32)49(61)38-22-42(63-8)44(24-40(38)53-7)65-30-34-18-35(31-66-45-25-41-39(23-43(45)64-9)50(62)56-29-33(11-2)19-36(56)27-54-41)21-37(20-34)68-51(3,4)15-17-67-52(5,6)26-48(60)69-57-46(58)12-13-47(57)59/h10-11,18,20-25,27,36,53H,12-17,19,26,28-31H2,1-9H3/b32-10+,33-11+. The molecule has 69 heavy (non-hydrogen) atoms. The molecule has 3 saturated heterocycles. The molecule has 4 aliphatic heterocycles. The minimum Gasteiger partial charge on any atom is -0.493 e. The van der Waals surface area contributed by atoms with E-state index in [2.05, 4.69) is 11.4 Å². The number of allylic oxidation sites excluding steroid dienone is 2. The van der Waals surface area contributed by atoms with Crippen molar-refractivity contribution in [3.8, 4) is 28.7 Å². The van der Waals surface area contributed by atoms with Gasteiger partial charge in [0.25, 0.3) is 23.6 Å². The molecule has 4 amide bonds. The van der Waals surface area contributed by atoms with Crippen LogP contribution in [0, 0.1) is 0 Å². The summed E-state index contributed by atoms with van der Waals surface area (Å²) in [6, 6.07) is 12.4. The molecule has 4 aliphatic rings. The molecule has 3 aromatic rings. The number of hydrogen-bond donors (Lipinski definition) is 1. The molecule has 1 unspecified atom stereocenters. The monoisotopic (exact) mass is 949 g/mol. The first-order chi connectivity index (χ1) is 32.9. The molecule has 0 bridgehead atoms. The van der Waals surface area contributed by atoms with E-state index in [0.29, 0.717) is 82.4 Å². The van der Waals surface area contributed by atoms with E-state index in [1.165, 1.54) is 25.4 Å². The fourth-order valence-electron chi connectivity index (χ4n) is 8.65. The number of amides is 4. The molecule has 0 aromatic heterocycles. The van der Waals surface area contributed by atoms with Crippen LogP contribution in [0.5, 0.6) is 28.7 Å². The summed E-state index contributed by atoms with van der Waals surface area (Å²) in [5.74, 6) is 0.0479. The average molecular weight is 950 g/mol. The van der Waals surface area contributed by atoms with Crippen molar-refractivity contribution in [2.75, 3.05) is 52.8 Å². The third-order valence-corrected chi connectivity index (χ3v) is 12.6. The van der Waals surface area contributed by atoms with E-state index in [4.69, 9.17) is 38.3 Å². The lowest BCUT2D eigenvalue weighted by Crippen LogP contribution is -2.37. The first-order valence-corrected chi connectivity index (χ1v) is 23.3. The molecule has 0 aliphatic carbocycles. The Bertz CT molecular complexity index is 2570.